The fraction of sp³-hybridized carbons (Fsp3) is 0.611. The van der Waals surface area contributed by atoms with E-state index in [0.717, 1.165) is 4.88 Å². The molecule has 3 heterocycles. The van der Waals surface area contributed by atoms with E-state index < -0.39 is 23.3 Å². The first-order valence-corrected chi connectivity index (χ1v) is 11.1. The second kappa shape index (κ2) is 7.70. The molecule has 0 unspecified atom stereocenters. The molecule has 0 aliphatic carbocycles. The molecule has 142 valence electrons. The third-order valence-electron chi connectivity index (χ3n) is 5.25. The van der Waals surface area contributed by atoms with Gasteiger partial charge >= 0.3 is 5.97 Å². The van der Waals surface area contributed by atoms with Crippen LogP contribution in [0.5, 0.6) is 0 Å². The van der Waals surface area contributed by atoms with E-state index >= 15 is 0 Å². The van der Waals surface area contributed by atoms with Crippen LogP contribution in [-0.2, 0) is 19.1 Å². The minimum Gasteiger partial charge on any atom is -0.465 e. The van der Waals surface area contributed by atoms with E-state index in [2.05, 4.69) is 5.32 Å². The second-order valence-electron chi connectivity index (χ2n) is 6.50. The zero-order valence-corrected chi connectivity index (χ0v) is 16.8. The van der Waals surface area contributed by atoms with Crippen LogP contribution in [0.3, 0.4) is 0 Å². The van der Waals surface area contributed by atoms with Crippen molar-refractivity contribution in [2.24, 2.45) is 11.8 Å². The van der Waals surface area contributed by atoms with E-state index in [1.165, 1.54) is 16.2 Å². The fourth-order valence-electron chi connectivity index (χ4n) is 4.13. The molecule has 8 heteroatoms. The molecule has 0 spiro atoms. The van der Waals surface area contributed by atoms with Crippen LogP contribution in [0.15, 0.2) is 17.5 Å². The topological polar surface area (TPSA) is 75.7 Å². The molecular weight excluding hydrogens is 372 g/mol. The molecule has 26 heavy (non-hydrogen) atoms. The summed E-state index contributed by atoms with van der Waals surface area (Å²) in [6.07, 6.45) is 2.41. The fourth-order valence-corrected chi connectivity index (χ4v) is 5.48. The average Bonchev–Trinajstić information content (AvgIpc) is 3.31. The molecule has 2 aliphatic rings. The highest BCUT2D eigenvalue weighted by atomic mass is 32.2. The van der Waals surface area contributed by atoms with Crippen LogP contribution in [0.25, 0.3) is 0 Å². The Hall–Kier alpha value is -1.38. The van der Waals surface area contributed by atoms with Crippen molar-refractivity contribution < 1.29 is 19.1 Å². The zero-order valence-electron chi connectivity index (χ0n) is 15.2. The Morgan fingerprint density at radius 1 is 1.38 bits per heavy atom. The number of carbonyl (C=O) groups excluding carboxylic acids is 3. The number of esters is 1. The normalized spacial score (nSPS) is 30.7. The number of ether oxygens (including phenoxy) is 1. The number of hydrogen-bond acceptors (Lipinski definition) is 7. The first kappa shape index (κ1) is 19.4. The zero-order chi connectivity index (χ0) is 18.9. The number of nitrogens with one attached hydrogen (secondary N) is 1. The van der Waals surface area contributed by atoms with Crippen LogP contribution in [0.1, 0.15) is 31.2 Å². The first-order valence-electron chi connectivity index (χ1n) is 8.84. The number of thiophene rings is 1. The van der Waals surface area contributed by atoms with Gasteiger partial charge in [0, 0.05) is 11.4 Å². The lowest BCUT2D eigenvalue weighted by Gasteiger charge is -2.32. The molecule has 3 rings (SSSR count). The van der Waals surface area contributed by atoms with E-state index in [-0.39, 0.29) is 24.5 Å². The van der Waals surface area contributed by atoms with Gasteiger partial charge in [0.1, 0.15) is 5.54 Å². The lowest BCUT2D eigenvalue weighted by molar-refractivity contribution is -0.156. The minimum atomic E-state index is -1.16. The SMILES string of the molecule is CCOC(=O)[C@]1(CCSC)N[C@@H](c2cccs2)[C@@H]2C(=O)N(CC)C(=O)[C@H]21. The Kier molecular flexibility index (Phi) is 5.74. The van der Waals surface area contributed by atoms with Crippen molar-refractivity contribution in [3.8, 4) is 0 Å². The predicted octanol–water partition coefficient (Wildman–Crippen LogP) is 2.07. The lowest BCUT2D eigenvalue weighted by Crippen LogP contribution is -2.56. The van der Waals surface area contributed by atoms with Crippen molar-refractivity contribution >= 4 is 40.9 Å². The maximum absolute atomic E-state index is 13.1. The third kappa shape index (κ3) is 2.88. The Morgan fingerprint density at radius 2 is 2.15 bits per heavy atom. The molecule has 6 nitrogen and oxygen atoms in total. The number of likely N-dealkylation sites (tertiary alicyclic amines) is 1. The van der Waals surface area contributed by atoms with Crippen LogP contribution in [0, 0.1) is 11.8 Å². The molecule has 0 radical (unpaired) electrons. The van der Waals surface area contributed by atoms with Crippen molar-refractivity contribution in [3.05, 3.63) is 22.4 Å². The minimum absolute atomic E-state index is 0.191. The summed E-state index contributed by atoms with van der Waals surface area (Å²) in [5.74, 6) is -1.46. The second-order valence-corrected chi connectivity index (χ2v) is 8.46. The molecule has 1 aromatic rings. The van der Waals surface area contributed by atoms with Gasteiger partial charge in [-0.05, 0) is 43.7 Å². The van der Waals surface area contributed by atoms with E-state index in [1.54, 1.807) is 25.6 Å². The van der Waals surface area contributed by atoms with Crippen molar-refractivity contribution in [3.63, 3.8) is 0 Å². The number of thioether (sulfide) groups is 1. The van der Waals surface area contributed by atoms with Gasteiger partial charge < -0.3 is 4.74 Å². The lowest BCUT2D eigenvalue weighted by atomic mass is 9.78. The summed E-state index contributed by atoms with van der Waals surface area (Å²) >= 11 is 3.14. The van der Waals surface area contributed by atoms with Crippen molar-refractivity contribution in [1.82, 2.24) is 10.2 Å². The van der Waals surface area contributed by atoms with E-state index in [4.69, 9.17) is 4.74 Å². The Morgan fingerprint density at radius 3 is 2.73 bits per heavy atom. The summed E-state index contributed by atoms with van der Waals surface area (Å²) in [5.41, 5.74) is -1.16. The summed E-state index contributed by atoms with van der Waals surface area (Å²) in [6, 6.07) is 3.52. The number of hydrogen-bond donors (Lipinski definition) is 1. The van der Waals surface area contributed by atoms with Gasteiger partial charge in [-0.15, -0.1) is 11.3 Å². The van der Waals surface area contributed by atoms with Gasteiger partial charge in [-0.3, -0.25) is 24.6 Å². The quantitative estimate of drug-likeness (QED) is 0.562. The summed E-state index contributed by atoms with van der Waals surface area (Å²) in [7, 11) is 0. The summed E-state index contributed by atoms with van der Waals surface area (Å²) < 4.78 is 5.36. The molecule has 2 saturated heterocycles. The molecule has 1 aromatic heterocycles. The van der Waals surface area contributed by atoms with Crippen molar-refractivity contribution in [2.75, 3.05) is 25.2 Å². The summed E-state index contributed by atoms with van der Waals surface area (Å²) in [5, 5.41) is 5.33. The largest absolute Gasteiger partial charge is 0.465 e. The van der Waals surface area contributed by atoms with Gasteiger partial charge in [0.2, 0.25) is 11.8 Å². The van der Waals surface area contributed by atoms with Crippen LogP contribution < -0.4 is 5.32 Å². The number of carbonyl (C=O) groups is 3. The molecular formula is C18H24N2O4S2. The van der Waals surface area contributed by atoms with Gasteiger partial charge in [-0.2, -0.15) is 11.8 Å². The average molecular weight is 397 g/mol. The molecule has 1 N–H and O–H groups in total. The summed E-state index contributed by atoms with van der Waals surface area (Å²) in [6.45, 7) is 4.10. The standard InChI is InChI=1S/C18H24N2O4S2/c1-4-20-15(21)12-13(16(20)22)18(8-10-25-3,17(23)24-5-2)19-14(12)11-7-6-9-26-11/h6-7,9,12-14,19H,4-5,8,10H2,1-3H3/t12-,13+,14+,18-/m1/s1. The van der Waals surface area contributed by atoms with Crippen molar-refractivity contribution in [1.29, 1.82) is 0 Å². The molecule has 0 aromatic carbocycles. The number of imide groups is 1. The predicted molar refractivity (Wildman–Crippen MR) is 102 cm³/mol. The van der Waals surface area contributed by atoms with Gasteiger partial charge in [0.15, 0.2) is 0 Å². The van der Waals surface area contributed by atoms with Gasteiger partial charge in [-0.1, -0.05) is 6.07 Å². The first-order chi connectivity index (χ1) is 12.5. The number of fused-ring (bicyclic) bond motifs is 1. The van der Waals surface area contributed by atoms with E-state index in [0.29, 0.717) is 18.7 Å². The molecule has 0 saturated carbocycles. The van der Waals surface area contributed by atoms with Crippen molar-refractivity contribution in [2.45, 2.75) is 31.8 Å². The van der Waals surface area contributed by atoms with E-state index in [9.17, 15) is 14.4 Å². The van der Waals surface area contributed by atoms with Crippen LogP contribution in [0.2, 0.25) is 0 Å². The third-order valence-corrected chi connectivity index (χ3v) is 6.82. The number of nitrogens with zero attached hydrogens (tertiary/aromatic N) is 1. The van der Waals surface area contributed by atoms with Gasteiger partial charge in [-0.25, -0.2) is 0 Å². The maximum Gasteiger partial charge on any atom is 0.327 e. The van der Waals surface area contributed by atoms with Gasteiger partial charge in [0.05, 0.1) is 24.5 Å². The highest BCUT2D eigenvalue weighted by Gasteiger charge is 2.68. The maximum atomic E-state index is 13.1. The molecule has 2 amide bonds. The monoisotopic (exact) mass is 396 g/mol. The smallest absolute Gasteiger partial charge is 0.327 e. The van der Waals surface area contributed by atoms with E-state index in [1.807, 2.05) is 23.8 Å². The Balaban J connectivity index is 2.10. The Bertz CT molecular complexity index is 693. The number of amides is 2. The highest BCUT2D eigenvalue weighted by molar-refractivity contribution is 7.98. The van der Waals surface area contributed by atoms with Crippen LogP contribution in [-0.4, -0.2) is 53.4 Å². The Labute approximate surface area is 161 Å². The molecule has 2 fully saturated rings. The number of rotatable bonds is 7. The molecule has 4 atom stereocenters. The van der Waals surface area contributed by atoms with Crippen LogP contribution in [0.4, 0.5) is 0 Å². The van der Waals surface area contributed by atoms with Gasteiger partial charge in [0.25, 0.3) is 0 Å². The highest BCUT2D eigenvalue weighted by Crippen LogP contribution is 2.51. The van der Waals surface area contributed by atoms with Crippen LogP contribution >= 0.6 is 23.1 Å². The molecule has 0 bridgehead atoms. The molecule has 2 aliphatic heterocycles. The summed E-state index contributed by atoms with van der Waals surface area (Å²) in [4.78, 5) is 41.3.